The molecule has 0 bridgehead atoms. The number of anilines is 1. The van der Waals surface area contributed by atoms with E-state index >= 15 is 0 Å². The van der Waals surface area contributed by atoms with Crippen LogP contribution in [0.1, 0.15) is 47.1 Å². The molecule has 0 aliphatic rings. The number of carbonyl (C=O) groups excluding carboxylic acids is 1. The van der Waals surface area contributed by atoms with Gasteiger partial charge in [-0.15, -0.1) is 11.3 Å². The summed E-state index contributed by atoms with van der Waals surface area (Å²) in [7, 11) is 0. The molecule has 0 radical (unpaired) electrons. The minimum atomic E-state index is -0.346. The fraction of sp³-hybridized carbons (Fsp3) is 0.250. The highest BCUT2D eigenvalue weighted by molar-refractivity contribution is 7.80. The van der Waals surface area contributed by atoms with Gasteiger partial charge >= 0.3 is 5.97 Å². The van der Waals surface area contributed by atoms with Gasteiger partial charge in [-0.25, -0.2) is 4.79 Å². The molecule has 6 heteroatoms. The average Bonchev–Trinajstić information content (AvgIpc) is 3.09. The van der Waals surface area contributed by atoms with E-state index in [1.165, 1.54) is 16.9 Å². The van der Waals surface area contributed by atoms with Crippen molar-refractivity contribution >= 4 is 39.6 Å². The summed E-state index contributed by atoms with van der Waals surface area (Å²) in [6, 6.07) is 20.2. The van der Waals surface area contributed by atoms with Crippen LogP contribution in [0.25, 0.3) is 11.1 Å². The van der Waals surface area contributed by atoms with Gasteiger partial charge in [-0.05, 0) is 43.6 Å². The molecule has 0 aliphatic carbocycles. The third-order valence-corrected chi connectivity index (χ3v) is 6.01. The lowest BCUT2D eigenvalue weighted by Gasteiger charge is -2.20. The lowest BCUT2D eigenvalue weighted by Crippen LogP contribution is -2.32. The van der Waals surface area contributed by atoms with E-state index in [1.807, 2.05) is 62.4 Å². The van der Waals surface area contributed by atoms with Crippen LogP contribution in [0.4, 0.5) is 5.00 Å². The molecule has 0 amide bonds. The van der Waals surface area contributed by atoms with Crippen LogP contribution < -0.4 is 10.6 Å². The summed E-state index contributed by atoms with van der Waals surface area (Å²) in [6.07, 6.45) is 0.884. The van der Waals surface area contributed by atoms with Crippen molar-refractivity contribution in [2.24, 2.45) is 0 Å². The molecule has 0 aliphatic heterocycles. The predicted molar refractivity (Wildman–Crippen MR) is 129 cm³/mol. The number of benzene rings is 2. The van der Waals surface area contributed by atoms with E-state index in [1.54, 1.807) is 0 Å². The SMILES string of the molecule is CCOC(=O)c1c(NC(=S)NC(CC)c2ccccc2)sc(C)c1-c1ccccc1. The van der Waals surface area contributed by atoms with Gasteiger partial charge in [-0.1, -0.05) is 67.6 Å². The maximum absolute atomic E-state index is 12.8. The number of hydrogen-bond donors (Lipinski definition) is 2. The molecular weight excluding hydrogens is 412 g/mol. The Morgan fingerprint density at radius 3 is 2.30 bits per heavy atom. The zero-order chi connectivity index (χ0) is 21.5. The number of ether oxygens (including phenoxy) is 1. The predicted octanol–water partition coefficient (Wildman–Crippen LogP) is 6.34. The molecular formula is C24H26N2O2S2. The largest absolute Gasteiger partial charge is 0.462 e. The topological polar surface area (TPSA) is 50.4 Å². The second-order valence-corrected chi connectivity index (χ2v) is 8.43. The van der Waals surface area contributed by atoms with Gasteiger partial charge in [0.25, 0.3) is 0 Å². The highest BCUT2D eigenvalue weighted by Crippen LogP contribution is 2.40. The number of carbonyl (C=O) groups is 1. The Labute approximate surface area is 187 Å². The van der Waals surface area contributed by atoms with Crippen molar-refractivity contribution in [3.05, 3.63) is 76.7 Å². The summed E-state index contributed by atoms with van der Waals surface area (Å²) in [5.74, 6) is -0.346. The first-order chi connectivity index (χ1) is 14.5. The first-order valence-corrected chi connectivity index (χ1v) is 11.3. The quantitative estimate of drug-likeness (QED) is 0.333. The number of esters is 1. The summed E-state index contributed by atoms with van der Waals surface area (Å²) in [5.41, 5.74) is 3.57. The van der Waals surface area contributed by atoms with Crippen molar-refractivity contribution < 1.29 is 9.53 Å². The Kier molecular flexibility index (Phi) is 7.60. The molecule has 3 aromatic rings. The number of thiophene rings is 1. The van der Waals surface area contributed by atoms with Crippen molar-refractivity contribution in [1.82, 2.24) is 5.32 Å². The van der Waals surface area contributed by atoms with Gasteiger partial charge in [0.2, 0.25) is 0 Å². The molecule has 1 atom stereocenters. The summed E-state index contributed by atoms with van der Waals surface area (Å²) >= 11 is 7.10. The molecule has 1 unspecified atom stereocenters. The van der Waals surface area contributed by atoms with Crippen LogP contribution in [0.2, 0.25) is 0 Å². The first-order valence-electron chi connectivity index (χ1n) is 10.0. The van der Waals surface area contributed by atoms with E-state index in [-0.39, 0.29) is 12.0 Å². The average molecular weight is 439 g/mol. The zero-order valence-corrected chi connectivity index (χ0v) is 19.0. The Bertz CT molecular complexity index is 1000. The van der Waals surface area contributed by atoms with Gasteiger partial charge in [0.1, 0.15) is 10.6 Å². The Balaban J connectivity index is 1.90. The van der Waals surface area contributed by atoms with Crippen molar-refractivity contribution in [3.63, 3.8) is 0 Å². The third-order valence-electron chi connectivity index (χ3n) is 4.77. The molecule has 0 spiro atoms. The van der Waals surface area contributed by atoms with Crippen molar-refractivity contribution in [1.29, 1.82) is 0 Å². The lowest BCUT2D eigenvalue weighted by molar-refractivity contribution is 0.0529. The molecule has 1 heterocycles. The number of aryl methyl sites for hydroxylation is 1. The molecule has 3 rings (SSSR count). The van der Waals surface area contributed by atoms with Crippen molar-refractivity contribution in [2.45, 2.75) is 33.2 Å². The molecule has 0 saturated heterocycles. The molecule has 2 aromatic carbocycles. The highest BCUT2D eigenvalue weighted by atomic mass is 32.1. The monoisotopic (exact) mass is 438 g/mol. The van der Waals surface area contributed by atoms with Crippen LogP contribution in [-0.4, -0.2) is 17.7 Å². The van der Waals surface area contributed by atoms with Crippen LogP contribution in [0.15, 0.2) is 60.7 Å². The van der Waals surface area contributed by atoms with E-state index in [9.17, 15) is 4.79 Å². The van der Waals surface area contributed by atoms with Crippen LogP contribution in [0.5, 0.6) is 0 Å². The highest BCUT2D eigenvalue weighted by Gasteiger charge is 2.25. The van der Waals surface area contributed by atoms with Crippen LogP contribution in [0.3, 0.4) is 0 Å². The maximum atomic E-state index is 12.8. The summed E-state index contributed by atoms with van der Waals surface area (Å²) in [5, 5.41) is 7.81. The molecule has 0 fully saturated rings. The summed E-state index contributed by atoms with van der Waals surface area (Å²) in [6.45, 7) is 6.25. The van der Waals surface area contributed by atoms with Crippen LogP contribution >= 0.6 is 23.6 Å². The van der Waals surface area contributed by atoms with Crippen molar-refractivity contribution in [2.75, 3.05) is 11.9 Å². The van der Waals surface area contributed by atoms with Gasteiger partial charge in [0.05, 0.1) is 12.6 Å². The molecule has 30 heavy (non-hydrogen) atoms. The minimum absolute atomic E-state index is 0.0897. The van der Waals surface area contributed by atoms with Gasteiger partial charge in [0.15, 0.2) is 5.11 Å². The Morgan fingerprint density at radius 2 is 1.70 bits per heavy atom. The smallest absolute Gasteiger partial charge is 0.341 e. The van der Waals surface area contributed by atoms with Gasteiger partial charge in [-0.3, -0.25) is 0 Å². The number of hydrogen-bond acceptors (Lipinski definition) is 4. The second kappa shape index (κ2) is 10.4. The number of nitrogens with one attached hydrogen (secondary N) is 2. The van der Waals surface area contributed by atoms with Gasteiger partial charge in [-0.2, -0.15) is 0 Å². The van der Waals surface area contributed by atoms with E-state index in [0.29, 0.717) is 22.3 Å². The van der Waals surface area contributed by atoms with Crippen LogP contribution in [0, 0.1) is 6.92 Å². The number of rotatable bonds is 7. The van der Waals surface area contributed by atoms with Crippen LogP contribution in [-0.2, 0) is 4.74 Å². The van der Waals surface area contributed by atoms with E-state index < -0.39 is 0 Å². The maximum Gasteiger partial charge on any atom is 0.341 e. The van der Waals surface area contributed by atoms with E-state index in [2.05, 4.69) is 29.7 Å². The Hall–Kier alpha value is -2.70. The number of thiocarbonyl (C=S) groups is 1. The zero-order valence-electron chi connectivity index (χ0n) is 17.4. The second-order valence-electron chi connectivity index (χ2n) is 6.79. The van der Waals surface area contributed by atoms with E-state index in [4.69, 9.17) is 17.0 Å². The van der Waals surface area contributed by atoms with Gasteiger partial charge in [0, 0.05) is 10.4 Å². The first kappa shape index (κ1) is 22.0. The minimum Gasteiger partial charge on any atom is -0.462 e. The summed E-state index contributed by atoms with van der Waals surface area (Å²) in [4.78, 5) is 13.9. The summed E-state index contributed by atoms with van der Waals surface area (Å²) < 4.78 is 5.36. The molecule has 1 aromatic heterocycles. The van der Waals surface area contributed by atoms with E-state index in [0.717, 1.165) is 22.4 Å². The fourth-order valence-electron chi connectivity index (χ4n) is 3.39. The Morgan fingerprint density at radius 1 is 1.07 bits per heavy atom. The normalized spacial score (nSPS) is 11.6. The fourth-order valence-corrected chi connectivity index (χ4v) is 4.76. The third kappa shape index (κ3) is 5.07. The lowest BCUT2D eigenvalue weighted by atomic mass is 10.0. The van der Waals surface area contributed by atoms with Crippen molar-refractivity contribution in [3.8, 4) is 11.1 Å². The molecule has 0 saturated carbocycles. The van der Waals surface area contributed by atoms with Gasteiger partial charge < -0.3 is 15.4 Å². The molecule has 4 nitrogen and oxygen atoms in total. The molecule has 156 valence electrons. The molecule has 2 N–H and O–H groups in total. The standard InChI is InChI=1S/C24H26N2O2S2/c1-4-19(17-12-8-6-9-13-17)25-24(29)26-22-21(23(27)28-5-2)20(16(3)30-22)18-14-10-7-11-15-18/h6-15,19H,4-5H2,1-3H3,(H2,25,26,29).